The summed E-state index contributed by atoms with van der Waals surface area (Å²) in [6.07, 6.45) is 0. The predicted octanol–water partition coefficient (Wildman–Crippen LogP) is 19.1. The van der Waals surface area contributed by atoms with Crippen molar-refractivity contribution in [2.75, 3.05) is 0 Å². The average molecular weight is 1000 g/mol. The van der Waals surface area contributed by atoms with Gasteiger partial charge in [-0.2, -0.15) is 0 Å². The van der Waals surface area contributed by atoms with Crippen molar-refractivity contribution in [2.45, 2.75) is 0 Å². The lowest BCUT2D eigenvalue weighted by atomic mass is 9.92. The van der Waals surface area contributed by atoms with Crippen LogP contribution in [-0.2, 0) is 0 Å². The molecule has 0 fully saturated rings. The van der Waals surface area contributed by atoms with Crippen LogP contribution in [0.4, 0.5) is 0 Å². The van der Waals surface area contributed by atoms with E-state index in [-0.39, 0.29) is 0 Å². The first-order valence-corrected chi connectivity index (χ1v) is 27.2. The van der Waals surface area contributed by atoms with Crippen molar-refractivity contribution in [3.63, 3.8) is 0 Å². The van der Waals surface area contributed by atoms with Gasteiger partial charge >= 0.3 is 0 Å². The first-order chi connectivity index (χ1) is 37.7. The third kappa shape index (κ3) is 6.73. The minimum atomic E-state index is 0.602. The van der Waals surface area contributed by atoms with Crippen LogP contribution < -0.4 is 0 Å². The minimum Gasteiger partial charge on any atom is -0.309 e. The molecule has 7 heteroatoms. The fraction of sp³-hybridized carbons (Fsp3) is 0. The van der Waals surface area contributed by atoms with Crippen molar-refractivity contribution in [3.8, 4) is 67.8 Å². The van der Waals surface area contributed by atoms with E-state index in [9.17, 15) is 0 Å². The van der Waals surface area contributed by atoms with Crippen molar-refractivity contribution in [1.29, 1.82) is 0 Å². The molecule has 0 unspecified atom stereocenters. The lowest BCUT2D eigenvalue weighted by Crippen LogP contribution is -2.04. The van der Waals surface area contributed by atoms with Crippen LogP contribution in [0.15, 0.2) is 249 Å². The van der Waals surface area contributed by atoms with Crippen molar-refractivity contribution in [2.24, 2.45) is 0 Å². The maximum atomic E-state index is 5.49. The summed E-state index contributed by atoms with van der Waals surface area (Å²) in [6, 6.07) is 90.0. The van der Waals surface area contributed by atoms with Gasteiger partial charge in [-0.15, -0.1) is 22.7 Å². The molecule has 0 radical (unpaired) electrons. The van der Waals surface area contributed by atoms with Crippen LogP contribution in [0.5, 0.6) is 0 Å². The highest BCUT2D eigenvalue weighted by Crippen LogP contribution is 2.46. The Hall–Kier alpha value is -9.53. The molecule has 0 saturated heterocycles. The number of hydrogen-bond donors (Lipinski definition) is 0. The smallest absolute Gasteiger partial charge is 0.164 e. The molecule has 0 saturated carbocycles. The quantitative estimate of drug-likeness (QED) is 0.160. The SMILES string of the molecule is c1ccc(-c2cc(-c3nc(-c4ccc5c(c4)sc4ccccc45)nc(-c4ccc5c(c4)sc4ccccc45)n3)cc(-c3ccccc3)c2-n2c3ccccc3c3cc4c5ccccc5n(-c5ccccc5)c4cc32)cc1. The summed E-state index contributed by atoms with van der Waals surface area (Å²) in [7, 11) is 0. The minimum absolute atomic E-state index is 0.602. The fourth-order valence-corrected chi connectivity index (χ4v) is 14.0. The molecule has 0 bridgehead atoms. The van der Waals surface area contributed by atoms with E-state index in [2.05, 4.69) is 258 Å². The Labute approximate surface area is 444 Å². The zero-order valence-electron chi connectivity index (χ0n) is 40.7. The van der Waals surface area contributed by atoms with Gasteiger partial charge in [0, 0.05) is 95.4 Å². The van der Waals surface area contributed by atoms with Gasteiger partial charge in [0.1, 0.15) is 0 Å². The van der Waals surface area contributed by atoms with Crippen molar-refractivity contribution in [1.82, 2.24) is 24.1 Å². The molecular weight excluding hydrogens is 963 g/mol. The van der Waals surface area contributed by atoms with Gasteiger partial charge in [0.25, 0.3) is 0 Å². The van der Waals surface area contributed by atoms with E-state index in [4.69, 9.17) is 15.0 Å². The van der Waals surface area contributed by atoms with E-state index in [1.54, 1.807) is 22.7 Å². The van der Waals surface area contributed by atoms with Gasteiger partial charge in [0.05, 0.1) is 27.8 Å². The van der Waals surface area contributed by atoms with E-state index in [0.717, 1.165) is 66.9 Å². The van der Waals surface area contributed by atoms with Crippen LogP contribution in [0, 0.1) is 0 Å². The van der Waals surface area contributed by atoms with Gasteiger partial charge in [-0.05, 0) is 83.9 Å². The predicted molar refractivity (Wildman–Crippen MR) is 321 cm³/mol. The van der Waals surface area contributed by atoms with E-state index in [0.29, 0.717) is 17.5 Å². The molecule has 5 aromatic heterocycles. The molecule has 0 amide bonds. The molecule has 16 aromatic rings. The lowest BCUT2D eigenvalue weighted by molar-refractivity contribution is 1.07. The number of nitrogens with zero attached hydrogens (tertiary/aromatic N) is 5. The molecule has 76 heavy (non-hydrogen) atoms. The normalized spacial score (nSPS) is 11.9. The molecule has 0 aliphatic rings. The summed E-state index contributed by atoms with van der Waals surface area (Å²) in [5, 5.41) is 9.81. The average Bonchev–Trinajstić information content (AvgIpc) is 4.36. The van der Waals surface area contributed by atoms with Crippen LogP contribution in [0.3, 0.4) is 0 Å². The molecule has 0 atom stereocenters. The Morgan fingerprint density at radius 3 is 1.18 bits per heavy atom. The van der Waals surface area contributed by atoms with Gasteiger partial charge < -0.3 is 9.13 Å². The Bertz CT molecular complexity index is 4800. The van der Waals surface area contributed by atoms with Gasteiger partial charge in [0.2, 0.25) is 0 Å². The third-order valence-corrected chi connectivity index (χ3v) is 17.4. The Kier molecular flexibility index (Phi) is 9.61. The number of thiophene rings is 2. The van der Waals surface area contributed by atoms with Crippen LogP contribution >= 0.6 is 22.7 Å². The number of rotatable bonds is 7. The van der Waals surface area contributed by atoms with Gasteiger partial charge in [-0.25, -0.2) is 15.0 Å². The van der Waals surface area contributed by atoms with Crippen molar-refractivity contribution >= 4 is 107 Å². The Balaban J connectivity index is 0.990. The van der Waals surface area contributed by atoms with Crippen molar-refractivity contribution < 1.29 is 0 Å². The molecule has 11 aromatic carbocycles. The molecule has 0 aliphatic heterocycles. The van der Waals surface area contributed by atoms with Gasteiger partial charge in [-0.3, -0.25) is 0 Å². The zero-order chi connectivity index (χ0) is 49.8. The number of para-hydroxylation sites is 3. The van der Waals surface area contributed by atoms with E-state index >= 15 is 0 Å². The summed E-state index contributed by atoms with van der Waals surface area (Å²) >= 11 is 3.61. The second-order valence-electron chi connectivity index (χ2n) is 19.5. The van der Waals surface area contributed by atoms with E-state index < -0.39 is 0 Å². The summed E-state index contributed by atoms with van der Waals surface area (Å²) < 4.78 is 9.84. The maximum absolute atomic E-state index is 5.49. The highest BCUT2D eigenvalue weighted by molar-refractivity contribution is 7.26. The highest BCUT2D eigenvalue weighted by atomic mass is 32.1. The monoisotopic (exact) mass is 1000 g/mol. The summed E-state index contributed by atoms with van der Waals surface area (Å²) in [5.41, 5.74) is 13.8. The van der Waals surface area contributed by atoms with Crippen LogP contribution in [-0.4, -0.2) is 24.1 Å². The molecule has 0 N–H and O–H groups in total. The number of benzene rings is 11. The van der Waals surface area contributed by atoms with E-state index in [1.807, 2.05) is 0 Å². The third-order valence-electron chi connectivity index (χ3n) is 15.2. The fourth-order valence-electron chi connectivity index (χ4n) is 11.7. The number of aromatic nitrogens is 5. The van der Waals surface area contributed by atoms with E-state index in [1.165, 1.54) is 67.4 Å². The van der Waals surface area contributed by atoms with Crippen LogP contribution in [0.1, 0.15) is 0 Å². The number of fused-ring (bicyclic) bond motifs is 12. The Morgan fingerprint density at radius 2 is 0.658 bits per heavy atom. The van der Waals surface area contributed by atoms with Crippen LogP contribution in [0.2, 0.25) is 0 Å². The molecule has 0 spiro atoms. The first-order valence-electron chi connectivity index (χ1n) is 25.6. The topological polar surface area (TPSA) is 48.5 Å². The molecule has 0 aliphatic carbocycles. The van der Waals surface area contributed by atoms with Gasteiger partial charge in [0.15, 0.2) is 17.5 Å². The lowest BCUT2D eigenvalue weighted by Gasteiger charge is -2.21. The largest absolute Gasteiger partial charge is 0.309 e. The molecule has 5 heterocycles. The summed E-state index contributed by atoms with van der Waals surface area (Å²) in [5.74, 6) is 1.86. The molecule has 16 rings (SSSR count). The summed E-state index contributed by atoms with van der Waals surface area (Å²) in [4.78, 5) is 16.3. The first kappa shape index (κ1) is 42.9. The zero-order valence-corrected chi connectivity index (χ0v) is 42.4. The van der Waals surface area contributed by atoms with Gasteiger partial charge in [-0.1, -0.05) is 176 Å². The maximum Gasteiger partial charge on any atom is 0.164 e. The van der Waals surface area contributed by atoms with Crippen LogP contribution in [0.25, 0.3) is 152 Å². The second-order valence-corrected chi connectivity index (χ2v) is 21.7. The highest BCUT2D eigenvalue weighted by Gasteiger charge is 2.25. The Morgan fingerprint density at radius 1 is 0.250 bits per heavy atom. The molecule has 354 valence electrons. The number of hydrogen-bond acceptors (Lipinski definition) is 5. The standard InChI is InChI=1S/C69H41N5S2/c1-4-18-42(19-5-1)54-36-46(69-71-67(44-32-34-52-50-26-12-16-30-62(50)75-64(52)38-44)70-68(72-69)45-33-35-53-51-27-13-17-31-63(51)76-65(53)39-45)37-55(43-20-6-2-7-21-43)66(54)74-59-29-15-11-25-49(59)57-40-56-48-24-10-14-28-58(48)73(60(56)41-61(57)74)47-22-8-3-9-23-47/h1-41H. The molecular formula is C69H41N5S2. The molecule has 5 nitrogen and oxygen atoms in total. The summed E-state index contributed by atoms with van der Waals surface area (Å²) in [6.45, 7) is 0. The second kappa shape index (κ2) is 17.0. The van der Waals surface area contributed by atoms with Crippen molar-refractivity contribution in [3.05, 3.63) is 249 Å².